The molecular weight excluding hydrogens is 390 g/mol. The van der Waals surface area contributed by atoms with Crippen LogP contribution in [0.4, 0.5) is 5.69 Å². The van der Waals surface area contributed by atoms with Gasteiger partial charge in [-0.15, -0.1) is 0 Å². The molecule has 0 aliphatic carbocycles. The van der Waals surface area contributed by atoms with Crippen molar-refractivity contribution in [2.75, 3.05) is 18.0 Å². The topological polar surface area (TPSA) is 84.2 Å². The molecule has 7 nitrogen and oxygen atoms in total. The highest BCUT2D eigenvalue weighted by atomic mass is 16.3. The Morgan fingerprint density at radius 2 is 1.94 bits per heavy atom. The number of piperidine rings is 1. The fraction of sp³-hybridized carbons (Fsp3) is 0.250. The van der Waals surface area contributed by atoms with Crippen LogP contribution < -0.4 is 10.2 Å². The zero-order valence-corrected chi connectivity index (χ0v) is 16.9. The summed E-state index contributed by atoms with van der Waals surface area (Å²) in [6.45, 7) is 2.02. The first-order valence-electron chi connectivity index (χ1n) is 10.5. The zero-order chi connectivity index (χ0) is 20.8. The van der Waals surface area contributed by atoms with E-state index in [-0.39, 0.29) is 5.91 Å². The van der Waals surface area contributed by atoms with Crippen LogP contribution in [0.1, 0.15) is 24.1 Å². The van der Waals surface area contributed by atoms with E-state index in [0.29, 0.717) is 12.3 Å². The zero-order valence-electron chi connectivity index (χ0n) is 16.9. The molecule has 154 valence electrons. The summed E-state index contributed by atoms with van der Waals surface area (Å²) in [5.74, 6) is 0.782. The Morgan fingerprint density at radius 1 is 1.06 bits per heavy atom. The van der Waals surface area contributed by atoms with Gasteiger partial charge < -0.3 is 14.6 Å². The molecule has 2 aliphatic heterocycles. The van der Waals surface area contributed by atoms with Crippen molar-refractivity contribution in [3.63, 3.8) is 0 Å². The number of hydrogen-bond donors (Lipinski definition) is 1. The molecule has 2 aliphatic rings. The minimum absolute atomic E-state index is 0.135. The first-order chi connectivity index (χ1) is 15.3. The molecule has 1 amide bonds. The Bertz CT molecular complexity index is 1280. The summed E-state index contributed by atoms with van der Waals surface area (Å²) in [4.78, 5) is 28.8. The number of carbonyl (C=O) groups excluding carboxylic acids is 1. The normalized spacial score (nSPS) is 17.4. The lowest BCUT2D eigenvalue weighted by Crippen LogP contribution is -2.47. The Hall–Kier alpha value is -3.58. The molecule has 1 N–H and O–H groups in total. The van der Waals surface area contributed by atoms with Crippen molar-refractivity contribution in [1.29, 1.82) is 0 Å². The molecule has 1 saturated heterocycles. The second-order valence-corrected chi connectivity index (χ2v) is 8.15. The lowest BCUT2D eigenvalue weighted by molar-refractivity contribution is -0.124. The van der Waals surface area contributed by atoms with Crippen molar-refractivity contribution < 1.29 is 9.21 Å². The van der Waals surface area contributed by atoms with E-state index in [1.165, 1.54) is 6.39 Å². The van der Waals surface area contributed by atoms with Gasteiger partial charge in [0.1, 0.15) is 0 Å². The summed E-state index contributed by atoms with van der Waals surface area (Å²) in [7, 11) is 0. The third-order valence-corrected chi connectivity index (χ3v) is 6.58. The number of nitrogens with zero attached hydrogens (tertiary/aromatic N) is 4. The van der Waals surface area contributed by atoms with E-state index in [9.17, 15) is 4.79 Å². The molecule has 0 atom stereocenters. The lowest BCUT2D eigenvalue weighted by Gasteiger charge is -2.33. The summed E-state index contributed by atoms with van der Waals surface area (Å²) in [6.07, 6.45) is 10.1. The molecule has 1 spiro atoms. The standard InChI is InChI=1S/C24H21N5O2/c30-23-24(6-9-25-10-7-24)18-5-8-26-12-20(18)29(23)14-19-22(21-13-27-15-31-21)17-4-2-1-3-16(17)11-28-19/h1-5,8,11-13,15,25H,6-7,9-10,14H2. The first kappa shape index (κ1) is 18.2. The average molecular weight is 411 g/mol. The number of anilines is 1. The molecule has 5 heterocycles. The molecule has 4 aromatic rings. The quantitative estimate of drug-likeness (QED) is 0.556. The van der Waals surface area contributed by atoms with Crippen LogP contribution in [0, 0.1) is 0 Å². The number of hydrogen-bond acceptors (Lipinski definition) is 6. The lowest BCUT2D eigenvalue weighted by atomic mass is 9.74. The second kappa shape index (κ2) is 6.99. The van der Waals surface area contributed by atoms with Gasteiger partial charge in [-0.3, -0.25) is 14.8 Å². The number of amides is 1. The van der Waals surface area contributed by atoms with E-state index >= 15 is 0 Å². The van der Waals surface area contributed by atoms with Gasteiger partial charge in [-0.2, -0.15) is 0 Å². The predicted octanol–water partition coefficient (Wildman–Crippen LogP) is 3.45. The molecule has 0 saturated carbocycles. The van der Waals surface area contributed by atoms with E-state index in [1.807, 2.05) is 41.4 Å². The maximum Gasteiger partial charge on any atom is 0.238 e. The minimum atomic E-state index is -0.479. The molecule has 1 aromatic carbocycles. The summed E-state index contributed by atoms with van der Waals surface area (Å²) < 4.78 is 5.66. The van der Waals surface area contributed by atoms with Crippen molar-refractivity contribution in [1.82, 2.24) is 20.3 Å². The van der Waals surface area contributed by atoms with E-state index in [1.54, 1.807) is 18.6 Å². The molecule has 1 fully saturated rings. The third kappa shape index (κ3) is 2.70. The largest absolute Gasteiger partial charge is 0.443 e. The van der Waals surface area contributed by atoms with Crippen LogP contribution in [0.3, 0.4) is 0 Å². The fourth-order valence-corrected chi connectivity index (χ4v) is 5.07. The number of oxazole rings is 1. The highest BCUT2D eigenvalue weighted by Gasteiger charge is 2.51. The van der Waals surface area contributed by atoms with Gasteiger partial charge in [-0.1, -0.05) is 24.3 Å². The third-order valence-electron chi connectivity index (χ3n) is 6.58. The molecule has 6 rings (SSSR count). The number of benzene rings is 1. The monoisotopic (exact) mass is 411 g/mol. The van der Waals surface area contributed by atoms with Crippen LogP contribution in [0.5, 0.6) is 0 Å². The van der Waals surface area contributed by atoms with Crippen molar-refractivity contribution in [3.05, 3.63) is 72.8 Å². The first-order valence-corrected chi connectivity index (χ1v) is 10.5. The Labute approximate surface area is 179 Å². The molecule has 0 bridgehead atoms. The van der Waals surface area contributed by atoms with Gasteiger partial charge in [0.05, 0.1) is 41.3 Å². The molecule has 7 heteroatoms. The predicted molar refractivity (Wildman–Crippen MR) is 116 cm³/mol. The van der Waals surface area contributed by atoms with Gasteiger partial charge in [-0.05, 0) is 42.9 Å². The Morgan fingerprint density at radius 3 is 2.77 bits per heavy atom. The van der Waals surface area contributed by atoms with Gasteiger partial charge in [0.25, 0.3) is 0 Å². The van der Waals surface area contributed by atoms with E-state index in [4.69, 9.17) is 9.40 Å². The van der Waals surface area contributed by atoms with Crippen LogP contribution in [0.2, 0.25) is 0 Å². The van der Waals surface area contributed by atoms with E-state index < -0.39 is 5.41 Å². The number of fused-ring (bicyclic) bond motifs is 3. The Balaban J connectivity index is 1.49. The van der Waals surface area contributed by atoms with Gasteiger partial charge >= 0.3 is 0 Å². The molecule has 31 heavy (non-hydrogen) atoms. The maximum absolute atomic E-state index is 13.8. The summed E-state index contributed by atoms with van der Waals surface area (Å²) in [6, 6.07) is 10.1. The molecular formula is C24H21N5O2. The average Bonchev–Trinajstić information content (AvgIpc) is 3.43. The number of rotatable bonds is 3. The van der Waals surface area contributed by atoms with Crippen LogP contribution in [0.25, 0.3) is 22.1 Å². The van der Waals surface area contributed by atoms with Crippen molar-refractivity contribution >= 4 is 22.4 Å². The number of carbonyl (C=O) groups is 1. The van der Waals surface area contributed by atoms with Crippen LogP contribution in [-0.4, -0.2) is 33.9 Å². The van der Waals surface area contributed by atoms with E-state index in [0.717, 1.165) is 59.2 Å². The van der Waals surface area contributed by atoms with Gasteiger partial charge in [0.15, 0.2) is 12.2 Å². The Kier molecular flexibility index (Phi) is 4.11. The maximum atomic E-state index is 13.8. The molecule has 3 aromatic heterocycles. The van der Waals surface area contributed by atoms with Gasteiger partial charge in [0.2, 0.25) is 5.91 Å². The molecule has 0 unspecified atom stereocenters. The second-order valence-electron chi connectivity index (χ2n) is 8.15. The molecule has 0 radical (unpaired) electrons. The van der Waals surface area contributed by atoms with Crippen LogP contribution in [-0.2, 0) is 16.8 Å². The van der Waals surface area contributed by atoms with Gasteiger partial charge in [-0.25, -0.2) is 4.98 Å². The van der Waals surface area contributed by atoms with Crippen molar-refractivity contribution in [2.24, 2.45) is 0 Å². The number of nitrogens with one attached hydrogen (secondary N) is 1. The van der Waals surface area contributed by atoms with Crippen molar-refractivity contribution in [3.8, 4) is 11.3 Å². The summed E-state index contributed by atoms with van der Waals surface area (Å²) in [5, 5.41) is 5.42. The fourth-order valence-electron chi connectivity index (χ4n) is 5.07. The number of pyridine rings is 2. The summed E-state index contributed by atoms with van der Waals surface area (Å²) in [5.41, 5.74) is 3.14. The van der Waals surface area contributed by atoms with Crippen LogP contribution in [0.15, 0.2) is 65.9 Å². The highest BCUT2D eigenvalue weighted by molar-refractivity contribution is 6.08. The number of aromatic nitrogens is 3. The SMILES string of the molecule is O=C1N(Cc2ncc3ccccc3c2-c2cnco2)c2cnccc2C12CCNCC2. The van der Waals surface area contributed by atoms with Gasteiger partial charge in [0, 0.05) is 17.8 Å². The van der Waals surface area contributed by atoms with E-state index in [2.05, 4.69) is 15.3 Å². The van der Waals surface area contributed by atoms with Crippen LogP contribution >= 0.6 is 0 Å². The smallest absolute Gasteiger partial charge is 0.238 e. The minimum Gasteiger partial charge on any atom is -0.443 e. The summed E-state index contributed by atoms with van der Waals surface area (Å²) >= 11 is 0. The highest BCUT2D eigenvalue weighted by Crippen LogP contribution is 2.47. The van der Waals surface area contributed by atoms with Crippen molar-refractivity contribution in [2.45, 2.75) is 24.8 Å².